The van der Waals surface area contributed by atoms with Gasteiger partial charge in [0.05, 0.1) is 11.4 Å². The Morgan fingerprint density at radius 3 is 2.35 bits per heavy atom. The first-order valence-electron chi connectivity index (χ1n) is 7.20. The Bertz CT molecular complexity index is 449. The van der Waals surface area contributed by atoms with Crippen molar-refractivity contribution in [1.82, 2.24) is 15.2 Å². The maximum atomic E-state index is 10.6. The molecule has 0 aliphatic rings. The standard InChI is InChI=1S/C14H24N4O2/c1-5-11-12(6-2)16-17-14(15-11)18(10(3)4)9-7-8-13(19)20/h10H,5-9H2,1-4H3,(H,19,20). The lowest BCUT2D eigenvalue weighted by molar-refractivity contribution is -0.137. The summed E-state index contributed by atoms with van der Waals surface area (Å²) in [5.74, 6) is -0.178. The van der Waals surface area contributed by atoms with Crippen molar-refractivity contribution < 1.29 is 9.90 Å². The Hall–Kier alpha value is -1.72. The molecule has 1 aromatic heterocycles. The van der Waals surface area contributed by atoms with Crippen LogP contribution in [0.2, 0.25) is 0 Å². The van der Waals surface area contributed by atoms with E-state index in [-0.39, 0.29) is 12.5 Å². The Morgan fingerprint density at radius 2 is 1.85 bits per heavy atom. The molecule has 0 bridgehead atoms. The average molecular weight is 280 g/mol. The van der Waals surface area contributed by atoms with E-state index in [0.717, 1.165) is 24.2 Å². The Kier molecular flexibility index (Phi) is 6.35. The molecule has 1 aromatic rings. The van der Waals surface area contributed by atoms with Crippen LogP contribution >= 0.6 is 0 Å². The first-order valence-corrected chi connectivity index (χ1v) is 7.20. The molecule has 0 unspecified atom stereocenters. The molecule has 112 valence electrons. The van der Waals surface area contributed by atoms with E-state index in [1.165, 1.54) is 0 Å². The van der Waals surface area contributed by atoms with Gasteiger partial charge in [-0.1, -0.05) is 13.8 Å². The van der Waals surface area contributed by atoms with Crippen molar-refractivity contribution in [1.29, 1.82) is 0 Å². The van der Waals surface area contributed by atoms with E-state index in [0.29, 0.717) is 18.9 Å². The van der Waals surface area contributed by atoms with Crippen LogP contribution in [0.1, 0.15) is 51.9 Å². The highest BCUT2D eigenvalue weighted by Gasteiger charge is 2.16. The van der Waals surface area contributed by atoms with Crippen molar-refractivity contribution in [3.8, 4) is 0 Å². The van der Waals surface area contributed by atoms with Crippen LogP contribution in [0.4, 0.5) is 5.95 Å². The Balaban J connectivity index is 2.88. The molecule has 6 heteroatoms. The summed E-state index contributed by atoms with van der Waals surface area (Å²) in [6, 6.07) is 0.211. The minimum Gasteiger partial charge on any atom is -0.481 e. The van der Waals surface area contributed by atoms with E-state index in [4.69, 9.17) is 5.11 Å². The van der Waals surface area contributed by atoms with Gasteiger partial charge >= 0.3 is 5.97 Å². The predicted octanol–water partition coefficient (Wildman–Crippen LogP) is 2.08. The van der Waals surface area contributed by atoms with Crippen molar-refractivity contribution in [2.45, 2.75) is 59.4 Å². The first-order chi connectivity index (χ1) is 9.49. The summed E-state index contributed by atoms with van der Waals surface area (Å²) in [5.41, 5.74) is 1.91. The largest absolute Gasteiger partial charge is 0.481 e. The molecule has 20 heavy (non-hydrogen) atoms. The maximum absolute atomic E-state index is 10.6. The van der Waals surface area contributed by atoms with Crippen molar-refractivity contribution in [3.05, 3.63) is 11.4 Å². The van der Waals surface area contributed by atoms with E-state index >= 15 is 0 Å². The van der Waals surface area contributed by atoms with Gasteiger partial charge in [0, 0.05) is 19.0 Å². The molecular formula is C14H24N4O2. The molecule has 0 fully saturated rings. The molecule has 0 amide bonds. The summed E-state index contributed by atoms with van der Waals surface area (Å²) in [5, 5.41) is 17.2. The van der Waals surface area contributed by atoms with Crippen LogP contribution in [0, 0.1) is 0 Å². The van der Waals surface area contributed by atoms with E-state index in [1.54, 1.807) is 0 Å². The number of carboxylic acids is 1. The van der Waals surface area contributed by atoms with E-state index in [2.05, 4.69) is 22.1 Å². The third kappa shape index (κ3) is 4.43. The number of nitrogens with zero attached hydrogens (tertiary/aromatic N) is 4. The lowest BCUT2D eigenvalue weighted by atomic mass is 10.2. The number of hydrogen-bond acceptors (Lipinski definition) is 5. The Labute approximate surface area is 120 Å². The molecule has 1 N–H and O–H groups in total. The molecule has 0 saturated carbocycles. The highest BCUT2D eigenvalue weighted by Crippen LogP contribution is 2.14. The smallest absolute Gasteiger partial charge is 0.303 e. The van der Waals surface area contributed by atoms with Gasteiger partial charge in [-0.15, -0.1) is 5.10 Å². The summed E-state index contributed by atoms with van der Waals surface area (Å²) in [4.78, 5) is 17.2. The third-order valence-electron chi connectivity index (χ3n) is 3.17. The predicted molar refractivity (Wildman–Crippen MR) is 77.9 cm³/mol. The lowest BCUT2D eigenvalue weighted by Crippen LogP contribution is -2.34. The zero-order chi connectivity index (χ0) is 15.1. The fraction of sp³-hybridized carbons (Fsp3) is 0.714. The third-order valence-corrected chi connectivity index (χ3v) is 3.17. The fourth-order valence-corrected chi connectivity index (χ4v) is 2.04. The van der Waals surface area contributed by atoms with E-state index in [1.807, 2.05) is 25.7 Å². The van der Waals surface area contributed by atoms with Crippen molar-refractivity contribution in [3.63, 3.8) is 0 Å². The molecule has 0 atom stereocenters. The number of aryl methyl sites for hydroxylation is 2. The van der Waals surface area contributed by atoms with Gasteiger partial charge in [0.2, 0.25) is 5.95 Å². The van der Waals surface area contributed by atoms with Gasteiger partial charge in [-0.2, -0.15) is 5.10 Å². The van der Waals surface area contributed by atoms with Gasteiger partial charge in [0.25, 0.3) is 0 Å². The number of anilines is 1. The quantitative estimate of drug-likeness (QED) is 0.785. The second-order valence-electron chi connectivity index (χ2n) is 5.00. The average Bonchev–Trinajstić information content (AvgIpc) is 2.42. The summed E-state index contributed by atoms with van der Waals surface area (Å²) in [7, 11) is 0. The number of carboxylic acid groups (broad SMARTS) is 1. The molecule has 0 aliphatic heterocycles. The van der Waals surface area contributed by atoms with Gasteiger partial charge in [0.1, 0.15) is 0 Å². The minimum absolute atomic E-state index is 0.157. The molecule has 0 saturated heterocycles. The van der Waals surface area contributed by atoms with Crippen LogP contribution < -0.4 is 4.90 Å². The number of carbonyl (C=O) groups is 1. The molecule has 0 aromatic carbocycles. The number of hydrogen-bond donors (Lipinski definition) is 1. The summed E-state index contributed by atoms with van der Waals surface area (Å²) >= 11 is 0. The van der Waals surface area contributed by atoms with E-state index in [9.17, 15) is 4.79 Å². The molecule has 1 rings (SSSR count). The second kappa shape index (κ2) is 7.77. The van der Waals surface area contributed by atoms with Gasteiger partial charge in [0.15, 0.2) is 0 Å². The molecular weight excluding hydrogens is 256 g/mol. The van der Waals surface area contributed by atoms with Crippen LogP contribution in [-0.2, 0) is 17.6 Å². The van der Waals surface area contributed by atoms with Crippen molar-refractivity contribution >= 4 is 11.9 Å². The highest BCUT2D eigenvalue weighted by atomic mass is 16.4. The SMILES string of the molecule is CCc1nnc(N(CCCC(=O)O)C(C)C)nc1CC. The molecule has 1 heterocycles. The normalized spacial score (nSPS) is 10.8. The van der Waals surface area contributed by atoms with Crippen molar-refractivity contribution in [2.75, 3.05) is 11.4 Å². The minimum atomic E-state index is -0.775. The van der Waals surface area contributed by atoms with E-state index < -0.39 is 5.97 Å². The van der Waals surface area contributed by atoms with Crippen molar-refractivity contribution in [2.24, 2.45) is 0 Å². The van der Waals surface area contributed by atoms with Gasteiger partial charge < -0.3 is 10.0 Å². The maximum Gasteiger partial charge on any atom is 0.303 e. The zero-order valence-corrected chi connectivity index (χ0v) is 12.8. The monoisotopic (exact) mass is 280 g/mol. The molecule has 0 aliphatic carbocycles. The summed E-state index contributed by atoms with van der Waals surface area (Å²) < 4.78 is 0. The highest BCUT2D eigenvalue weighted by molar-refractivity contribution is 5.66. The number of aromatic nitrogens is 3. The zero-order valence-electron chi connectivity index (χ0n) is 12.8. The van der Waals surface area contributed by atoms with Crippen LogP contribution in [0.15, 0.2) is 0 Å². The summed E-state index contributed by atoms with van der Waals surface area (Å²) in [6.07, 6.45) is 2.38. The van der Waals surface area contributed by atoms with Gasteiger partial charge in [-0.3, -0.25) is 4.79 Å². The molecule has 6 nitrogen and oxygen atoms in total. The van der Waals surface area contributed by atoms with Gasteiger partial charge in [-0.25, -0.2) is 4.98 Å². The summed E-state index contributed by atoms with van der Waals surface area (Å²) in [6.45, 7) is 8.81. The number of rotatable bonds is 8. The lowest BCUT2D eigenvalue weighted by Gasteiger charge is -2.26. The van der Waals surface area contributed by atoms with Crippen LogP contribution in [-0.4, -0.2) is 38.8 Å². The molecule has 0 radical (unpaired) electrons. The van der Waals surface area contributed by atoms with Crippen LogP contribution in [0.5, 0.6) is 0 Å². The fourth-order valence-electron chi connectivity index (χ4n) is 2.04. The first kappa shape index (κ1) is 16.3. The van der Waals surface area contributed by atoms with Crippen LogP contribution in [0.25, 0.3) is 0 Å². The Morgan fingerprint density at radius 1 is 1.20 bits per heavy atom. The van der Waals surface area contributed by atoms with Gasteiger partial charge in [-0.05, 0) is 33.1 Å². The number of aliphatic carboxylic acids is 1. The van der Waals surface area contributed by atoms with Crippen LogP contribution in [0.3, 0.4) is 0 Å². The molecule has 0 spiro atoms. The topological polar surface area (TPSA) is 79.2 Å². The second-order valence-corrected chi connectivity index (χ2v) is 5.00.